The highest BCUT2D eigenvalue weighted by molar-refractivity contribution is 6.21. The van der Waals surface area contributed by atoms with Crippen molar-refractivity contribution in [2.45, 2.75) is 57.8 Å². The van der Waals surface area contributed by atoms with Crippen LogP contribution in [0.4, 0.5) is 0 Å². The number of carboxylic acid groups (broad SMARTS) is 1. The van der Waals surface area contributed by atoms with Crippen LogP contribution in [-0.4, -0.2) is 78.8 Å². The summed E-state index contributed by atoms with van der Waals surface area (Å²) in [6, 6.07) is 12.4. The lowest BCUT2D eigenvalue weighted by molar-refractivity contribution is -0.157. The van der Waals surface area contributed by atoms with E-state index in [1.54, 1.807) is 63.2 Å². The number of carbonyl (C=O) groups excluding carboxylic acids is 5. The van der Waals surface area contributed by atoms with Crippen molar-refractivity contribution < 1.29 is 38.6 Å². The Kier molecular flexibility index (Phi) is 9.51. The van der Waals surface area contributed by atoms with Crippen molar-refractivity contribution in [3.8, 4) is 0 Å². The van der Waals surface area contributed by atoms with Crippen molar-refractivity contribution in [1.82, 2.24) is 30.5 Å². The molecule has 2 atom stereocenters. The molecule has 4 rings (SSSR count). The molecule has 0 saturated carbocycles. The number of carbonyl (C=O) groups is 6. The molecule has 14 nitrogen and oxygen atoms in total. The Balaban J connectivity index is 1.63. The van der Waals surface area contributed by atoms with Gasteiger partial charge < -0.3 is 20.5 Å². The zero-order valence-electron chi connectivity index (χ0n) is 24.4. The summed E-state index contributed by atoms with van der Waals surface area (Å²) in [5.74, 6) is -4.68. The van der Waals surface area contributed by atoms with Crippen LogP contribution in [0.2, 0.25) is 0 Å². The van der Waals surface area contributed by atoms with Gasteiger partial charge in [-0.05, 0) is 38.5 Å². The summed E-state index contributed by atoms with van der Waals surface area (Å²) in [7, 11) is 0. The number of imide groups is 1. The molecule has 2 heterocycles. The molecule has 0 aliphatic carbocycles. The molecule has 0 unspecified atom stereocenters. The number of ether oxygens (including phenoxy) is 1. The van der Waals surface area contributed by atoms with Crippen molar-refractivity contribution in [2.75, 3.05) is 6.54 Å². The summed E-state index contributed by atoms with van der Waals surface area (Å²) in [4.78, 5) is 77.8. The molecule has 1 aliphatic heterocycles. The van der Waals surface area contributed by atoms with E-state index in [2.05, 4.69) is 20.9 Å². The number of aromatic nitrogens is 3. The summed E-state index contributed by atoms with van der Waals surface area (Å²) in [6.45, 7) is 4.00. The number of hydrogen-bond donors (Lipinski definition) is 3. The molecule has 0 fully saturated rings. The third-order valence-electron chi connectivity index (χ3n) is 6.55. The first-order valence-electron chi connectivity index (χ1n) is 13.7. The summed E-state index contributed by atoms with van der Waals surface area (Å²) >= 11 is 0. The van der Waals surface area contributed by atoms with Crippen molar-refractivity contribution in [1.29, 1.82) is 0 Å². The fourth-order valence-corrected chi connectivity index (χ4v) is 4.63. The number of nitrogens with one attached hydrogen (secondary N) is 2. The van der Waals surface area contributed by atoms with Crippen LogP contribution >= 0.6 is 0 Å². The van der Waals surface area contributed by atoms with Gasteiger partial charge in [0.2, 0.25) is 11.8 Å². The van der Waals surface area contributed by atoms with E-state index in [0.717, 1.165) is 9.58 Å². The molecule has 0 spiro atoms. The first-order chi connectivity index (χ1) is 20.8. The van der Waals surface area contributed by atoms with Crippen molar-refractivity contribution in [3.63, 3.8) is 0 Å². The molecule has 230 valence electrons. The minimum absolute atomic E-state index is 0.0104. The number of esters is 1. The maximum atomic E-state index is 13.8. The average molecular weight is 605 g/mol. The lowest BCUT2D eigenvalue weighted by Crippen LogP contribution is -2.51. The van der Waals surface area contributed by atoms with E-state index >= 15 is 0 Å². The quantitative estimate of drug-likeness (QED) is 0.201. The van der Waals surface area contributed by atoms with E-state index in [-0.39, 0.29) is 29.8 Å². The van der Waals surface area contributed by atoms with Gasteiger partial charge in [0.15, 0.2) is 0 Å². The Labute approximate surface area is 252 Å². The molecule has 3 aromatic rings. The number of carboxylic acids is 1. The van der Waals surface area contributed by atoms with Crippen molar-refractivity contribution in [2.24, 2.45) is 0 Å². The first-order valence-corrected chi connectivity index (χ1v) is 13.7. The second-order valence-corrected chi connectivity index (χ2v) is 11.1. The molecular formula is C30H32N6O8. The molecule has 0 radical (unpaired) electrons. The maximum Gasteiger partial charge on any atom is 0.322 e. The second-order valence-electron chi connectivity index (χ2n) is 11.1. The Hall–Kier alpha value is -5.40. The van der Waals surface area contributed by atoms with E-state index in [9.17, 15) is 28.8 Å². The third kappa shape index (κ3) is 7.70. The number of rotatable bonds is 12. The summed E-state index contributed by atoms with van der Waals surface area (Å²) < 4.78 is 6.54. The SMILES string of the molecule is CC(C)(C)OC(=O)C[C@@H](C(=O)N[C@@H](Cc1ccccc1)C(=O)NCC(=O)O)n1nncc1CN1C(=O)c2ccccc2C1=O. The lowest BCUT2D eigenvalue weighted by atomic mass is 10.0. The zero-order valence-corrected chi connectivity index (χ0v) is 24.4. The van der Waals surface area contributed by atoms with Gasteiger partial charge in [-0.25, -0.2) is 4.68 Å². The van der Waals surface area contributed by atoms with Gasteiger partial charge in [-0.1, -0.05) is 47.7 Å². The van der Waals surface area contributed by atoms with Gasteiger partial charge in [-0.2, -0.15) is 0 Å². The highest BCUT2D eigenvalue weighted by Gasteiger charge is 2.38. The summed E-state index contributed by atoms with van der Waals surface area (Å²) in [5.41, 5.74) is 0.430. The lowest BCUT2D eigenvalue weighted by Gasteiger charge is -2.25. The topological polar surface area (TPSA) is 190 Å². The molecule has 1 aromatic heterocycles. The van der Waals surface area contributed by atoms with E-state index in [1.165, 1.54) is 18.3 Å². The third-order valence-corrected chi connectivity index (χ3v) is 6.55. The second kappa shape index (κ2) is 13.3. The van der Waals surface area contributed by atoms with Gasteiger partial charge in [0.1, 0.15) is 24.2 Å². The van der Waals surface area contributed by atoms with Crippen molar-refractivity contribution in [3.05, 3.63) is 83.2 Å². The van der Waals surface area contributed by atoms with Gasteiger partial charge in [-0.3, -0.25) is 33.7 Å². The Morgan fingerprint density at radius 2 is 1.55 bits per heavy atom. The van der Waals surface area contributed by atoms with Crippen LogP contribution in [0.1, 0.15) is 65.2 Å². The highest BCUT2D eigenvalue weighted by Crippen LogP contribution is 2.25. The number of benzene rings is 2. The zero-order chi connectivity index (χ0) is 32.0. The molecule has 0 saturated heterocycles. The van der Waals surface area contributed by atoms with Gasteiger partial charge in [0.05, 0.1) is 36.0 Å². The fraction of sp³-hybridized carbons (Fsp3) is 0.333. The van der Waals surface area contributed by atoms with Gasteiger partial charge in [0, 0.05) is 6.42 Å². The molecule has 4 amide bonds. The van der Waals surface area contributed by atoms with Crippen molar-refractivity contribution >= 4 is 35.6 Å². The molecule has 3 N–H and O–H groups in total. The predicted molar refractivity (Wildman–Crippen MR) is 153 cm³/mol. The smallest absolute Gasteiger partial charge is 0.322 e. The Bertz CT molecular complexity index is 1540. The minimum atomic E-state index is -1.41. The first kappa shape index (κ1) is 31.5. The fourth-order valence-electron chi connectivity index (χ4n) is 4.63. The number of nitrogens with zero attached hydrogens (tertiary/aromatic N) is 4. The van der Waals surface area contributed by atoms with E-state index < -0.39 is 66.2 Å². The molecule has 0 bridgehead atoms. The van der Waals surface area contributed by atoms with Crippen LogP contribution in [0.5, 0.6) is 0 Å². The number of amides is 4. The van der Waals surface area contributed by atoms with Crippen LogP contribution in [-0.2, 0) is 36.9 Å². The standard InChI is InChI=1S/C30H32N6O8/c1-30(2,3)44-25(39)14-23(27(41)33-22(26(40)31-16-24(37)38)13-18-9-5-4-6-10-18)36-19(15-32-34-36)17-35-28(42)20-11-7-8-12-21(20)29(35)43/h4-12,15,22-23H,13-14,16-17H2,1-3H3,(H,31,40)(H,33,41)(H,37,38)/t22-,23-/m0/s1. The van der Waals surface area contributed by atoms with Gasteiger partial charge >= 0.3 is 11.9 Å². The van der Waals surface area contributed by atoms with E-state index in [1.807, 2.05) is 0 Å². The monoisotopic (exact) mass is 604 g/mol. The summed E-state index contributed by atoms with van der Waals surface area (Å²) in [5, 5.41) is 21.8. The molecule has 1 aliphatic rings. The van der Waals surface area contributed by atoms with E-state index in [4.69, 9.17) is 9.84 Å². The van der Waals surface area contributed by atoms with Crippen LogP contribution in [0.25, 0.3) is 0 Å². The minimum Gasteiger partial charge on any atom is -0.480 e. The predicted octanol–water partition coefficient (Wildman–Crippen LogP) is 1.28. The van der Waals surface area contributed by atoms with Gasteiger partial charge in [0.25, 0.3) is 11.8 Å². The Morgan fingerprint density at radius 3 is 2.14 bits per heavy atom. The largest absolute Gasteiger partial charge is 0.480 e. The molecular weight excluding hydrogens is 572 g/mol. The maximum absolute atomic E-state index is 13.8. The highest BCUT2D eigenvalue weighted by atomic mass is 16.6. The van der Waals surface area contributed by atoms with Crippen LogP contribution in [0.15, 0.2) is 60.8 Å². The molecule has 44 heavy (non-hydrogen) atoms. The summed E-state index contributed by atoms with van der Waals surface area (Å²) in [6.07, 6.45) is 0.743. The van der Waals surface area contributed by atoms with Crippen LogP contribution in [0.3, 0.4) is 0 Å². The average Bonchev–Trinajstić information content (AvgIpc) is 3.52. The Morgan fingerprint density at radius 1 is 0.932 bits per heavy atom. The molecule has 14 heteroatoms. The number of fused-ring (bicyclic) bond motifs is 1. The van der Waals surface area contributed by atoms with Crippen LogP contribution in [0, 0.1) is 0 Å². The van der Waals surface area contributed by atoms with Crippen LogP contribution < -0.4 is 10.6 Å². The van der Waals surface area contributed by atoms with E-state index in [0.29, 0.717) is 5.56 Å². The van der Waals surface area contributed by atoms with Gasteiger partial charge in [-0.15, -0.1) is 5.10 Å². The molecule has 2 aromatic carbocycles. The normalized spacial score (nSPS) is 14.0. The number of aliphatic carboxylic acids is 1. The number of hydrogen-bond acceptors (Lipinski definition) is 9.